The maximum absolute atomic E-state index is 12.3. The zero-order chi connectivity index (χ0) is 16.3. The summed E-state index contributed by atoms with van der Waals surface area (Å²) in [5.74, 6) is 0. The number of halogens is 6. The fraction of sp³-hybridized carbons (Fsp3) is 1.00. The molecule has 1 heterocycles. The predicted molar refractivity (Wildman–Crippen MR) is 62.9 cm³/mol. The minimum atomic E-state index is -5.48. The van der Waals surface area contributed by atoms with Gasteiger partial charge in [-0.1, -0.05) is 13.8 Å². The quantitative estimate of drug-likeness (QED) is 0.762. The summed E-state index contributed by atoms with van der Waals surface area (Å²) in [6.07, 6.45) is -14.7. The summed E-state index contributed by atoms with van der Waals surface area (Å²) >= 11 is 0. The SMILES string of the molecule is CC(C)NCC1CCC(COC(C(F)(F)F)C(F)(F)F)O1. The minimum Gasteiger partial charge on any atom is -0.371 e. The van der Waals surface area contributed by atoms with E-state index in [1.807, 2.05) is 13.8 Å². The highest BCUT2D eigenvalue weighted by atomic mass is 19.4. The molecule has 0 aromatic rings. The first-order valence-corrected chi connectivity index (χ1v) is 6.64. The number of rotatable bonds is 6. The molecule has 0 saturated carbocycles. The summed E-state index contributed by atoms with van der Waals surface area (Å²) in [6.45, 7) is 3.64. The van der Waals surface area contributed by atoms with E-state index < -0.39 is 31.2 Å². The molecule has 126 valence electrons. The van der Waals surface area contributed by atoms with Crippen LogP contribution in [0.2, 0.25) is 0 Å². The molecule has 1 fully saturated rings. The van der Waals surface area contributed by atoms with Crippen molar-refractivity contribution in [2.45, 2.75) is 63.4 Å². The van der Waals surface area contributed by atoms with Crippen molar-refractivity contribution in [2.75, 3.05) is 13.2 Å². The maximum Gasteiger partial charge on any atom is 0.423 e. The lowest BCUT2D eigenvalue weighted by molar-refractivity contribution is -0.324. The van der Waals surface area contributed by atoms with Crippen LogP contribution < -0.4 is 5.32 Å². The molecule has 1 aliphatic heterocycles. The molecule has 0 spiro atoms. The molecule has 1 N–H and O–H groups in total. The fourth-order valence-corrected chi connectivity index (χ4v) is 2.00. The molecule has 21 heavy (non-hydrogen) atoms. The predicted octanol–water partition coefficient (Wildman–Crippen LogP) is 3.04. The van der Waals surface area contributed by atoms with Crippen molar-refractivity contribution < 1.29 is 35.8 Å². The molecule has 0 aromatic carbocycles. The number of nitrogens with one attached hydrogen (secondary N) is 1. The van der Waals surface area contributed by atoms with E-state index in [4.69, 9.17) is 4.74 Å². The molecule has 0 amide bonds. The third-order valence-corrected chi connectivity index (χ3v) is 2.99. The first-order chi connectivity index (χ1) is 9.50. The Morgan fingerprint density at radius 1 is 1.05 bits per heavy atom. The van der Waals surface area contributed by atoms with Crippen molar-refractivity contribution >= 4 is 0 Å². The summed E-state index contributed by atoms with van der Waals surface area (Å²) in [5, 5.41) is 3.10. The highest BCUT2D eigenvalue weighted by Crippen LogP contribution is 2.36. The summed E-state index contributed by atoms with van der Waals surface area (Å²) in [6, 6.07) is 0.226. The van der Waals surface area contributed by atoms with Gasteiger partial charge in [-0.2, -0.15) is 26.3 Å². The Morgan fingerprint density at radius 2 is 1.57 bits per heavy atom. The lowest BCUT2D eigenvalue weighted by Crippen LogP contribution is -2.45. The van der Waals surface area contributed by atoms with Crippen molar-refractivity contribution in [2.24, 2.45) is 0 Å². The third kappa shape index (κ3) is 6.39. The van der Waals surface area contributed by atoms with Gasteiger partial charge >= 0.3 is 12.4 Å². The molecule has 0 aliphatic carbocycles. The van der Waals surface area contributed by atoms with Crippen LogP contribution >= 0.6 is 0 Å². The summed E-state index contributed by atoms with van der Waals surface area (Å²) in [5.41, 5.74) is 0. The van der Waals surface area contributed by atoms with Crippen LogP contribution in [0.3, 0.4) is 0 Å². The highest BCUT2D eigenvalue weighted by Gasteiger charge is 2.58. The van der Waals surface area contributed by atoms with Gasteiger partial charge in [0.1, 0.15) is 0 Å². The topological polar surface area (TPSA) is 30.5 Å². The van der Waals surface area contributed by atoms with E-state index in [0.717, 1.165) is 0 Å². The monoisotopic (exact) mass is 323 g/mol. The van der Waals surface area contributed by atoms with Crippen LogP contribution in [0.15, 0.2) is 0 Å². The number of ether oxygens (including phenoxy) is 2. The van der Waals surface area contributed by atoms with Gasteiger partial charge in [0, 0.05) is 12.6 Å². The van der Waals surface area contributed by atoms with E-state index in [1.165, 1.54) is 0 Å². The summed E-state index contributed by atoms with van der Waals surface area (Å²) in [4.78, 5) is 0. The van der Waals surface area contributed by atoms with E-state index in [2.05, 4.69) is 10.1 Å². The zero-order valence-electron chi connectivity index (χ0n) is 11.7. The Labute approximate surface area is 119 Å². The summed E-state index contributed by atoms with van der Waals surface area (Å²) < 4.78 is 83.1. The van der Waals surface area contributed by atoms with Gasteiger partial charge in [-0.05, 0) is 12.8 Å². The van der Waals surface area contributed by atoms with Crippen LogP contribution in [0.1, 0.15) is 26.7 Å². The molecule has 2 atom stereocenters. The normalized spacial score (nSPS) is 24.3. The van der Waals surface area contributed by atoms with Crippen LogP contribution in [-0.2, 0) is 9.47 Å². The van der Waals surface area contributed by atoms with Gasteiger partial charge in [0.25, 0.3) is 0 Å². The molecule has 1 rings (SSSR count). The van der Waals surface area contributed by atoms with Gasteiger partial charge in [-0.3, -0.25) is 0 Å². The molecular weight excluding hydrogens is 304 g/mol. The highest BCUT2D eigenvalue weighted by molar-refractivity contribution is 4.79. The van der Waals surface area contributed by atoms with Crippen molar-refractivity contribution in [3.05, 3.63) is 0 Å². The lowest BCUT2D eigenvalue weighted by Gasteiger charge is -2.24. The second kappa shape index (κ2) is 7.15. The van der Waals surface area contributed by atoms with Crippen molar-refractivity contribution in [1.82, 2.24) is 5.32 Å². The van der Waals surface area contributed by atoms with Crippen LogP contribution in [-0.4, -0.2) is 49.9 Å². The maximum atomic E-state index is 12.3. The van der Waals surface area contributed by atoms with E-state index in [0.29, 0.717) is 19.4 Å². The minimum absolute atomic E-state index is 0.212. The van der Waals surface area contributed by atoms with Gasteiger partial charge in [0.05, 0.1) is 18.8 Å². The lowest BCUT2D eigenvalue weighted by atomic mass is 10.2. The smallest absolute Gasteiger partial charge is 0.371 e. The van der Waals surface area contributed by atoms with Crippen LogP contribution in [0.4, 0.5) is 26.3 Å². The number of hydrogen-bond donors (Lipinski definition) is 1. The first kappa shape index (κ1) is 18.5. The van der Waals surface area contributed by atoms with E-state index in [9.17, 15) is 26.3 Å². The molecule has 1 aliphatic rings. The van der Waals surface area contributed by atoms with Crippen molar-refractivity contribution in [3.63, 3.8) is 0 Å². The molecular formula is C12H19F6NO2. The second-order valence-corrected chi connectivity index (χ2v) is 5.32. The van der Waals surface area contributed by atoms with E-state index >= 15 is 0 Å². The Hall–Kier alpha value is -0.540. The molecule has 9 heteroatoms. The standard InChI is InChI=1S/C12H19F6NO2/c1-7(2)19-5-8-3-4-9(21-8)6-20-10(11(13,14)15)12(16,17)18/h7-10,19H,3-6H2,1-2H3. The van der Waals surface area contributed by atoms with Gasteiger partial charge in [-0.25, -0.2) is 0 Å². The molecule has 0 radical (unpaired) electrons. The zero-order valence-corrected chi connectivity index (χ0v) is 11.7. The average molecular weight is 323 g/mol. The second-order valence-electron chi connectivity index (χ2n) is 5.32. The third-order valence-electron chi connectivity index (χ3n) is 2.99. The largest absolute Gasteiger partial charge is 0.423 e. The first-order valence-electron chi connectivity index (χ1n) is 6.64. The Balaban J connectivity index is 2.41. The molecule has 0 bridgehead atoms. The van der Waals surface area contributed by atoms with Crippen LogP contribution in [0.25, 0.3) is 0 Å². The van der Waals surface area contributed by atoms with Crippen molar-refractivity contribution in [3.8, 4) is 0 Å². The molecule has 3 nitrogen and oxygen atoms in total. The number of hydrogen-bond acceptors (Lipinski definition) is 3. The summed E-state index contributed by atoms with van der Waals surface area (Å²) in [7, 11) is 0. The van der Waals surface area contributed by atoms with Gasteiger partial charge < -0.3 is 14.8 Å². The van der Waals surface area contributed by atoms with E-state index in [1.54, 1.807) is 0 Å². The molecule has 1 saturated heterocycles. The Kier molecular flexibility index (Phi) is 6.30. The Bertz CT molecular complexity index is 304. The van der Waals surface area contributed by atoms with Gasteiger partial charge in [-0.15, -0.1) is 0 Å². The Morgan fingerprint density at radius 3 is 2.05 bits per heavy atom. The van der Waals surface area contributed by atoms with Gasteiger partial charge in [0.2, 0.25) is 6.10 Å². The molecule has 0 aromatic heterocycles. The average Bonchev–Trinajstić information content (AvgIpc) is 2.70. The van der Waals surface area contributed by atoms with Gasteiger partial charge in [0.15, 0.2) is 0 Å². The van der Waals surface area contributed by atoms with Crippen LogP contribution in [0.5, 0.6) is 0 Å². The van der Waals surface area contributed by atoms with Crippen LogP contribution in [0, 0.1) is 0 Å². The van der Waals surface area contributed by atoms with Crippen molar-refractivity contribution in [1.29, 1.82) is 0 Å². The fourth-order valence-electron chi connectivity index (χ4n) is 2.00. The van der Waals surface area contributed by atoms with E-state index in [-0.39, 0.29) is 12.1 Å². The molecule has 2 unspecified atom stereocenters. The number of alkyl halides is 6.